The SMILES string of the molecule is Cn1c(N=C2C=c3ccccc3=[N+]2C)cc2ccccc21.O=S(=O)([O-])O. The van der Waals surface area contributed by atoms with Crippen molar-refractivity contribution in [2.24, 2.45) is 12.0 Å². The van der Waals surface area contributed by atoms with Crippen molar-refractivity contribution in [3.8, 4) is 0 Å². The van der Waals surface area contributed by atoms with Gasteiger partial charge in [-0.25, -0.2) is 13.0 Å². The maximum atomic E-state index is 8.63. The molecule has 4 rings (SSSR count). The molecule has 0 atom stereocenters. The van der Waals surface area contributed by atoms with Gasteiger partial charge in [-0.15, -0.1) is 0 Å². The van der Waals surface area contributed by atoms with Crippen molar-refractivity contribution in [2.75, 3.05) is 7.05 Å². The fourth-order valence-corrected chi connectivity index (χ4v) is 2.88. The Morgan fingerprint density at radius 3 is 2.38 bits per heavy atom. The molecule has 0 saturated carbocycles. The number of aliphatic imine (C=N–C) groups is 1. The Bertz CT molecular complexity index is 1230. The van der Waals surface area contributed by atoms with Gasteiger partial charge in [0.2, 0.25) is 16.2 Å². The number of aromatic nitrogens is 1. The van der Waals surface area contributed by atoms with Crippen LogP contribution in [0.4, 0.5) is 5.82 Å². The highest BCUT2D eigenvalue weighted by molar-refractivity contribution is 7.79. The quantitative estimate of drug-likeness (QED) is 0.389. The second-order valence-corrected chi connectivity index (χ2v) is 6.64. The number of aryl methyl sites for hydroxylation is 1. The molecule has 2 heterocycles. The van der Waals surface area contributed by atoms with E-state index in [0.717, 1.165) is 11.7 Å². The topological polar surface area (TPSA) is 97.7 Å². The summed E-state index contributed by atoms with van der Waals surface area (Å²) in [5, 5.41) is 3.64. The number of hydrogen-bond donors (Lipinski definition) is 1. The highest BCUT2D eigenvalue weighted by atomic mass is 32.3. The lowest BCUT2D eigenvalue weighted by atomic mass is 10.2. The van der Waals surface area contributed by atoms with E-state index in [-0.39, 0.29) is 0 Å². The molecule has 0 fully saturated rings. The summed E-state index contributed by atoms with van der Waals surface area (Å²) < 4.78 is 37.1. The molecule has 1 aliphatic rings. The van der Waals surface area contributed by atoms with Gasteiger partial charge in [-0.2, -0.15) is 0 Å². The van der Waals surface area contributed by atoms with Crippen molar-refractivity contribution < 1.29 is 17.5 Å². The van der Waals surface area contributed by atoms with Gasteiger partial charge in [0, 0.05) is 29.8 Å². The zero-order valence-corrected chi connectivity index (χ0v) is 15.0. The van der Waals surface area contributed by atoms with Crippen molar-refractivity contribution in [2.45, 2.75) is 0 Å². The summed E-state index contributed by atoms with van der Waals surface area (Å²) in [5.74, 6) is 1.95. The molecule has 0 saturated heterocycles. The van der Waals surface area contributed by atoms with Crippen molar-refractivity contribution in [3.05, 3.63) is 65.2 Å². The number of amidine groups is 1. The molecule has 2 aromatic carbocycles. The molecule has 1 aromatic heterocycles. The van der Waals surface area contributed by atoms with Crippen molar-refractivity contribution >= 4 is 39.0 Å². The molecule has 0 bridgehead atoms. The highest BCUT2D eigenvalue weighted by Gasteiger charge is 2.18. The molecule has 3 aromatic rings. The summed E-state index contributed by atoms with van der Waals surface area (Å²) in [7, 11) is -0.798. The van der Waals surface area contributed by atoms with Gasteiger partial charge in [-0.3, -0.25) is 4.55 Å². The van der Waals surface area contributed by atoms with Gasteiger partial charge in [-0.1, -0.05) is 36.4 Å². The van der Waals surface area contributed by atoms with Crippen LogP contribution in [0, 0.1) is 0 Å². The minimum absolute atomic E-state index is 0.974. The first-order valence-corrected chi connectivity index (χ1v) is 9.09. The third-order valence-electron chi connectivity index (χ3n) is 4.08. The number of nitrogens with zero attached hydrogens (tertiary/aromatic N) is 3. The first-order valence-electron chi connectivity index (χ1n) is 7.73. The van der Waals surface area contributed by atoms with E-state index in [4.69, 9.17) is 22.5 Å². The van der Waals surface area contributed by atoms with Crippen LogP contribution in [0.2, 0.25) is 0 Å². The monoisotopic (exact) mass is 371 g/mol. The minimum Gasteiger partial charge on any atom is -0.726 e. The second-order valence-electron chi connectivity index (χ2n) is 5.78. The average molecular weight is 371 g/mol. The van der Waals surface area contributed by atoms with Crippen LogP contribution in [0.3, 0.4) is 0 Å². The smallest absolute Gasteiger partial charge is 0.326 e. The summed E-state index contributed by atoms with van der Waals surface area (Å²) in [4.78, 5) is 4.84. The van der Waals surface area contributed by atoms with Crippen molar-refractivity contribution in [1.82, 2.24) is 9.14 Å². The van der Waals surface area contributed by atoms with Crippen LogP contribution in [0.1, 0.15) is 0 Å². The van der Waals surface area contributed by atoms with E-state index < -0.39 is 10.4 Å². The van der Waals surface area contributed by atoms with Gasteiger partial charge in [0.25, 0.3) is 0 Å². The van der Waals surface area contributed by atoms with Gasteiger partial charge < -0.3 is 9.12 Å². The number of fused-ring (bicyclic) bond motifs is 2. The summed E-state index contributed by atoms with van der Waals surface area (Å²) in [6.45, 7) is 0. The van der Waals surface area contributed by atoms with E-state index in [1.54, 1.807) is 0 Å². The van der Waals surface area contributed by atoms with Crippen LogP contribution in [0.25, 0.3) is 17.0 Å². The zero-order chi connectivity index (χ0) is 18.9. The molecule has 8 heteroatoms. The van der Waals surface area contributed by atoms with Crippen molar-refractivity contribution in [1.29, 1.82) is 0 Å². The Balaban J connectivity index is 0.000000349. The molecule has 0 amide bonds. The van der Waals surface area contributed by atoms with Crippen LogP contribution in [-0.4, -0.2) is 35.0 Å². The molecule has 1 N–H and O–H groups in total. The molecule has 1 aliphatic heterocycles. The van der Waals surface area contributed by atoms with Crippen LogP contribution < -0.4 is 15.2 Å². The van der Waals surface area contributed by atoms with E-state index in [1.807, 2.05) is 0 Å². The predicted molar refractivity (Wildman–Crippen MR) is 99.7 cm³/mol. The zero-order valence-electron chi connectivity index (χ0n) is 14.2. The van der Waals surface area contributed by atoms with E-state index in [0.29, 0.717) is 0 Å². The second kappa shape index (κ2) is 6.83. The van der Waals surface area contributed by atoms with E-state index in [2.05, 4.69) is 83.9 Å². The van der Waals surface area contributed by atoms with Crippen LogP contribution in [-0.2, 0) is 17.4 Å². The lowest BCUT2D eigenvalue weighted by Crippen LogP contribution is -2.32. The van der Waals surface area contributed by atoms with Crippen LogP contribution in [0.5, 0.6) is 0 Å². The highest BCUT2D eigenvalue weighted by Crippen LogP contribution is 2.24. The molecule has 134 valence electrons. The molecule has 26 heavy (non-hydrogen) atoms. The lowest BCUT2D eigenvalue weighted by Gasteiger charge is -1.95. The first-order chi connectivity index (χ1) is 12.2. The fourth-order valence-electron chi connectivity index (χ4n) is 2.88. The van der Waals surface area contributed by atoms with Crippen molar-refractivity contribution in [3.63, 3.8) is 0 Å². The number of benzene rings is 2. The Hall–Kier alpha value is -2.81. The average Bonchev–Trinajstić information content (AvgIpc) is 3.05. The molecule has 0 spiro atoms. The third-order valence-corrected chi connectivity index (χ3v) is 4.08. The largest absolute Gasteiger partial charge is 0.726 e. The fraction of sp³-hybridized carbons (Fsp3) is 0.111. The van der Waals surface area contributed by atoms with Crippen LogP contribution in [0.15, 0.2) is 59.6 Å². The van der Waals surface area contributed by atoms with E-state index in [9.17, 15) is 0 Å². The molecule has 0 aliphatic carbocycles. The maximum absolute atomic E-state index is 8.63. The van der Waals surface area contributed by atoms with E-state index in [1.165, 1.54) is 21.5 Å². The van der Waals surface area contributed by atoms with Gasteiger partial charge in [-0.05, 0) is 17.1 Å². The summed E-state index contributed by atoms with van der Waals surface area (Å²) >= 11 is 0. The lowest BCUT2D eigenvalue weighted by molar-refractivity contribution is 0.366. The predicted octanol–water partition coefficient (Wildman–Crippen LogP) is 0.828. The molecule has 7 nitrogen and oxygen atoms in total. The van der Waals surface area contributed by atoms with Crippen LogP contribution >= 0.6 is 0 Å². The van der Waals surface area contributed by atoms with E-state index >= 15 is 0 Å². The summed E-state index contributed by atoms with van der Waals surface area (Å²) in [6.07, 6.45) is 2.13. The Morgan fingerprint density at radius 2 is 1.73 bits per heavy atom. The maximum Gasteiger partial charge on any atom is 0.326 e. The Morgan fingerprint density at radius 1 is 1.12 bits per heavy atom. The molecule has 0 radical (unpaired) electrons. The first kappa shape index (κ1) is 18.0. The Kier molecular flexibility index (Phi) is 4.73. The summed E-state index contributed by atoms with van der Waals surface area (Å²) in [5.41, 5.74) is 1.20. The summed E-state index contributed by atoms with van der Waals surface area (Å²) in [6, 6.07) is 18.8. The van der Waals surface area contributed by atoms with Gasteiger partial charge in [0.15, 0.2) is 0 Å². The van der Waals surface area contributed by atoms with Gasteiger partial charge in [0.1, 0.15) is 5.36 Å². The number of para-hydroxylation sites is 2. The standard InChI is InChI=1S/C18H16N3.H2O4S/c1-20-15-9-5-3-7-13(15)11-17(20)19-18-12-14-8-4-6-10-16(14)21(18)2;1-5(2,3)4/h3-12H,1-2H3;(H2,1,2,3,4)/q+1;/p-1. The third kappa shape index (κ3) is 3.88. The molecular formula is C18H17N3O4S. The number of hydrogen-bond acceptors (Lipinski definition) is 4. The normalized spacial score (nSPS) is 14.8. The molecule has 0 unspecified atom stereocenters. The van der Waals surface area contributed by atoms with Gasteiger partial charge in [0.05, 0.1) is 12.6 Å². The van der Waals surface area contributed by atoms with Gasteiger partial charge >= 0.3 is 5.84 Å². The minimum atomic E-state index is -4.92. The number of rotatable bonds is 1. The Labute approximate surface area is 150 Å². The molecular weight excluding hydrogens is 354 g/mol.